The number of carbonyl (C=O) groups excluding carboxylic acids is 1. The third-order valence-corrected chi connectivity index (χ3v) is 5.56. The molecule has 0 bridgehead atoms. The average Bonchev–Trinajstić information content (AvgIpc) is 3.20. The van der Waals surface area contributed by atoms with Gasteiger partial charge in [-0.1, -0.05) is 18.2 Å². The highest BCUT2D eigenvalue weighted by molar-refractivity contribution is 7.98. The van der Waals surface area contributed by atoms with Gasteiger partial charge in [-0.2, -0.15) is 0 Å². The molecule has 0 saturated carbocycles. The van der Waals surface area contributed by atoms with Crippen LogP contribution in [0.3, 0.4) is 0 Å². The third-order valence-electron chi connectivity index (χ3n) is 4.81. The molecule has 1 atom stereocenters. The summed E-state index contributed by atoms with van der Waals surface area (Å²) in [7, 11) is 1.69. The zero-order valence-corrected chi connectivity index (χ0v) is 16.7. The Hall–Kier alpha value is -2.40. The Kier molecular flexibility index (Phi) is 6.82. The molecule has 4 nitrogen and oxygen atoms in total. The number of nitrogens with zero attached hydrogens (tertiary/aromatic N) is 1. The van der Waals surface area contributed by atoms with Crippen molar-refractivity contribution in [2.75, 3.05) is 37.9 Å². The summed E-state index contributed by atoms with van der Waals surface area (Å²) >= 11 is 1.71. The SMILES string of the molecule is COc1cccc(N2CCC(CNC(=O)/C=C/c3ccc(SC)cc3)C2)c1. The fourth-order valence-electron chi connectivity index (χ4n) is 3.23. The molecule has 0 radical (unpaired) electrons. The molecule has 1 amide bonds. The lowest BCUT2D eigenvalue weighted by atomic mass is 10.1. The maximum atomic E-state index is 12.1. The topological polar surface area (TPSA) is 41.6 Å². The Labute approximate surface area is 165 Å². The van der Waals surface area contributed by atoms with E-state index in [0.29, 0.717) is 12.5 Å². The summed E-state index contributed by atoms with van der Waals surface area (Å²) in [6, 6.07) is 16.3. The molecule has 1 heterocycles. The minimum Gasteiger partial charge on any atom is -0.497 e. The first-order valence-corrected chi connectivity index (χ1v) is 10.4. The first kappa shape index (κ1) is 19.4. The van der Waals surface area contributed by atoms with E-state index in [-0.39, 0.29) is 5.91 Å². The molecule has 2 aromatic carbocycles. The maximum Gasteiger partial charge on any atom is 0.244 e. The summed E-state index contributed by atoms with van der Waals surface area (Å²) in [6.07, 6.45) is 6.60. The predicted octanol–water partition coefficient (Wildman–Crippen LogP) is 4.07. The molecule has 2 aromatic rings. The van der Waals surface area contributed by atoms with Crippen LogP contribution in [0.2, 0.25) is 0 Å². The number of amides is 1. The molecule has 0 aromatic heterocycles. The van der Waals surface area contributed by atoms with Crippen LogP contribution in [0.4, 0.5) is 5.69 Å². The Balaban J connectivity index is 1.45. The number of thioether (sulfide) groups is 1. The van der Waals surface area contributed by atoms with Gasteiger partial charge >= 0.3 is 0 Å². The number of ether oxygens (including phenoxy) is 1. The second kappa shape index (κ2) is 9.51. The van der Waals surface area contributed by atoms with E-state index in [1.54, 1.807) is 24.9 Å². The van der Waals surface area contributed by atoms with Crippen molar-refractivity contribution in [1.82, 2.24) is 5.32 Å². The molecule has 0 aliphatic carbocycles. The molecular formula is C22H26N2O2S. The summed E-state index contributed by atoms with van der Waals surface area (Å²) in [6.45, 7) is 2.66. The largest absolute Gasteiger partial charge is 0.497 e. The lowest BCUT2D eigenvalue weighted by Gasteiger charge is -2.19. The second-order valence-electron chi connectivity index (χ2n) is 6.65. The van der Waals surface area contributed by atoms with Crippen molar-refractivity contribution >= 4 is 29.4 Å². The third kappa shape index (κ3) is 5.54. The molecule has 142 valence electrons. The molecular weight excluding hydrogens is 356 g/mol. The normalized spacial score (nSPS) is 16.7. The van der Waals surface area contributed by atoms with Crippen LogP contribution in [0.5, 0.6) is 5.75 Å². The fourth-order valence-corrected chi connectivity index (χ4v) is 3.64. The minimum atomic E-state index is -0.0382. The van der Waals surface area contributed by atoms with Crippen LogP contribution in [0, 0.1) is 5.92 Å². The summed E-state index contributed by atoms with van der Waals surface area (Å²) in [4.78, 5) is 15.7. The van der Waals surface area contributed by atoms with Crippen molar-refractivity contribution in [2.24, 2.45) is 5.92 Å². The number of anilines is 1. The van der Waals surface area contributed by atoms with Crippen LogP contribution in [0.1, 0.15) is 12.0 Å². The van der Waals surface area contributed by atoms with Gasteiger partial charge in [0.05, 0.1) is 7.11 Å². The number of hydrogen-bond donors (Lipinski definition) is 1. The predicted molar refractivity (Wildman–Crippen MR) is 114 cm³/mol. The van der Waals surface area contributed by atoms with Crippen molar-refractivity contribution in [3.8, 4) is 5.75 Å². The van der Waals surface area contributed by atoms with Crippen molar-refractivity contribution in [3.63, 3.8) is 0 Å². The van der Waals surface area contributed by atoms with Crippen molar-refractivity contribution in [1.29, 1.82) is 0 Å². The first-order valence-electron chi connectivity index (χ1n) is 9.17. The van der Waals surface area contributed by atoms with E-state index in [1.165, 1.54) is 10.6 Å². The number of benzene rings is 2. The van der Waals surface area contributed by atoms with Crippen LogP contribution in [-0.2, 0) is 4.79 Å². The average molecular weight is 383 g/mol. The van der Waals surface area contributed by atoms with Gasteiger partial charge < -0.3 is 15.0 Å². The summed E-state index contributed by atoms with van der Waals surface area (Å²) in [5.74, 6) is 1.30. The van der Waals surface area contributed by atoms with E-state index < -0.39 is 0 Å². The van der Waals surface area contributed by atoms with Gasteiger partial charge in [0.25, 0.3) is 0 Å². The van der Waals surface area contributed by atoms with Crippen molar-refractivity contribution in [3.05, 3.63) is 60.2 Å². The molecule has 27 heavy (non-hydrogen) atoms. The zero-order chi connectivity index (χ0) is 19.1. The van der Waals surface area contributed by atoms with Gasteiger partial charge in [0.1, 0.15) is 5.75 Å². The number of rotatable bonds is 7. The van der Waals surface area contributed by atoms with Crippen LogP contribution < -0.4 is 15.0 Å². The summed E-state index contributed by atoms with van der Waals surface area (Å²) < 4.78 is 5.30. The van der Waals surface area contributed by atoms with Crippen LogP contribution in [0.15, 0.2) is 59.5 Å². The minimum absolute atomic E-state index is 0.0382. The molecule has 1 fully saturated rings. The number of carbonyl (C=O) groups is 1. The van der Waals surface area contributed by atoms with Crippen LogP contribution in [0.25, 0.3) is 6.08 Å². The quantitative estimate of drug-likeness (QED) is 0.579. The Morgan fingerprint density at radius 2 is 2.11 bits per heavy atom. The van der Waals surface area contributed by atoms with Gasteiger partial charge in [0, 0.05) is 42.4 Å². The van der Waals surface area contributed by atoms with E-state index in [9.17, 15) is 4.79 Å². The molecule has 1 aliphatic rings. The van der Waals surface area contributed by atoms with Crippen LogP contribution in [-0.4, -0.2) is 38.9 Å². The highest BCUT2D eigenvalue weighted by atomic mass is 32.2. The van der Waals surface area contributed by atoms with Crippen molar-refractivity contribution < 1.29 is 9.53 Å². The number of methoxy groups -OCH3 is 1. The Bertz CT molecular complexity index is 789. The highest BCUT2D eigenvalue weighted by Crippen LogP contribution is 2.26. The summed E-state index contributed by atoms with van der Waals surface area (Å²) in [5.41, 5.74) is 2.21. The van der Waals surface area contributed by atoms with E-state index >= 15 is 0 Å². The van der Waals surface area contributed by atoms with E-state index in [1.807, 2.05) is 30.3 Å². The highest BCUT2D eigenvalue weighted by Gasteiger charge is 2.23. The molecule has 1 saturated heterocycles. The van der Waals surface area contributed by atoms with Gasteiger partial charge in [0.15, 0.2) is 0 Å². The van der Waals surface area contributed by atoms with Gasteiger partial charge in [-0.3, -0.25) is 4.79 Å². The monoisotopic (exact) mass is 382 g/mol. The van der Waals surface area contributed by atoms with Gasteiger partial charge in [-0.05, 0) is 54.5 Å². The zero-order valence-electron chi connectivity index (χ0n) is 15.9. The molecule has 5 heteroatoms. The smallest absolute Gasteiger partial charge is 0.244 e. The number of hydrogen-bond acceptors (Lipinski definition) is 4. The Morgan fingerprint density at radius 1 is 1.30 bits per heavy atom. The van der Waals surface area contributed by atoms with E-state index in [0.717, 1.165) is 30.8 Å². The van der Waals surface area contributed by atoms with E-state index in [4.69, 9.17) is 4.74 Å². The van der Waals surface area contributed by atoms with Gasteiger partial charge in [0.2, 0.25) is 5.91 Å². The lowest BCUT2D eigenvalue weighted by molar-refractivity contribution is -0.116. The summed E-state index contributed by atoms with van der Waals surface area (Å²) in [5, 5.41) is 3.03. The van der Waals surface area contributed by atoms with Crippen molar-refractivity contribution in [2.45, 2.75) is 11.3 Å². The van der Waals surface area contributed by atoms with Crippen LogP contribution >= 0.6 is 11.8 Å². The standard InChI is InChI=1S/C22H26N2O2S/c1-26-20-5-3-4-19(14-20)24-13-12-18(16-24)15-23-22(25)11-8-17-6-9-21(27-2)10-7-17/h3-11,14,18H,12-13,15-16H2,1-2H3,(H,23,25)/b11-8+. The van der Waals surface area contributed by atoms with Gasteiger partial charge in [-0.25, -0.2) is 0 Å². The maximum absolute atomic E-state index is 12.1. The second-order valence-corrected chi connectivity index (χ2v) is 7.53. The number of nitrogens with one attached hydrogen (secondary N) is 1. The molecule has 1 aliphatic heterocycles. The van der Waals surface area contributed by atoms with Gasteiger partial charge in [-0.15, -0.1) is 11.8 Å². The Morgan fingerprint density at radius 3 is 2.85 bits per heavy atom. The molecule has 1 unspecified atom stereocenters. The lowest BCUT2D eigenvalue weighted by Crippen LogP contribution is -2.29. The first-order chi connectivity index (χ1) is 13.2. The molecule has 3 rings (SSSR count). The fraction of sp³-hybridized carbons (Fsp3) is 0.318. The molecule has 1 N–H and O–H groups in total. The van der Waals surface area contributed by atoms with E-state index in [2.05, 4.69) is 40.7 Å². The molecule has 0 spiro atoms.